The van der Waals surface area contributed by atoms with E-state index in [1.165, 1.54) is 24.3 Å². The number of thiophene rings is 1. The van der Waals surface area contributed by atoms with Gasteiger partial charge in [0.2, 0.25) is 5.91 Å². The van der Waals surface area contributed by atoms with E-state index < -0.39 is 11.9 Å². The van der Waals surface area contributed by atoms with Crippen LogP contribution in [0.25, 0.3) is 6.08 Å². The van der Waals surface area contributed by atoms with Crippen LogP contribution in [0.4, 0.5) is 0 Å². The molecule has 1 amide bonds. The quantitative estimate of drug-likeness (QED) is 0.768. The molecule has 80 valence electrons. The van der Waals surface area contributed by atoms with Gasteiger partial charge in [-0.25, -0.2) is 4.79 Å². The molecule has 1 aromatic rings. The number of carbonyl (C=O) groups excluding carboxylic acids is 1. The first kappa shape index (κ1) is 11.5. The van der Waals surface area contributed by atoms with Gasteiger partial charge in [0.1, 0.15) is 5.70 Å². The predicted molar refractivity (Wildman–Crippen MR) is 58.5 cm³/mol. The van der Waals surface area contributed by atoms with Gasteiger partial charge < -0.3 is 10.4 Å². The molecule has 0 aliphatic rings. The Kier molecular flexibility index (Phi) is 3.62. The summed E-state index contributed by atoms with van der Waals surface area (Å²) in [5.41, 5.74) is -0.107. The average molecular weight is 225 g/mol. The highest BCUT2D eigenvalue weighted by Crippen LogP contribution is 2.17. The Morgan fingerprint density at radius 1 is 1.47 bits per heavy atom. The number of aryl methyl sites for hydroxylation is 1. The molecule has 1 aromatic heterocycles. The Hall–Kier alpha value is -1.62. The van der Waals surface area contributed by atoms with Gasteiger partial charge in [0.25, 0.3) is 0 Å². The molecule has 5 heteroatoms. The molecule has 2 N–H and O–H groups in total. The topological polar surface area (TPSA) is 66.4 Å². The van der Waals surface area contributed by atoms with Gasteiger partial charge in [-0.3, -0.25) is 4.79 Å². The second-order valence-electron chi connectivity index (χ2n) is 2.99. The fourth-order valence-electron chi connectivity index (χ4n) is 1.01. The summed E-state index contributed by atoms with van der Waals surface area (Å²) in [5.74, 6) is -1.53. The average Bonchev–Trinajstić information content (AvgIpc) is 2.49. The van der Waals surface area contributed by atoms with E-state index in [1.807, 2.05) is 19.1 Å². The number of aliphatic carboxylic acids is 1. The molecule has 0 aliphatic heterocycles. The van der Waals surface area contributed by atoms with E-state index in [0.29, 0.717) is 0 Å². The summed E-state index contributed by atoms with van der Waals surface area (Å²) in [6, 6.07) is 3.70. The predicted octanol–water partition coefficient (Wildman–Crippen LogP) is 1.62. The number of hydrogen-bond donors (Lipinski definition) is 2. The third-order valence-corrected chi connectivity index (χ3v) is 2.54. The molecule has 0 radical (unpaired) electrons. The molecule has 0 aromatic carbocycles. The van der Waals surface area contributed by atoms with Crippen molar-refractivity contribution in [1.29, 1.82) is 0 Å². The normalized spacial score (nSPS) is 11.2. The van der Waals surface area contributed by atoms with E-state index in [1.54, 1.807) is 0 Å². The van der Waals surface area contributed by atoms with Crippen LogP contribution in [-0.4, -0.2) is 17.0 Å². The van der Waals surface area contributed by atoms with Crippen molar-refractivity contribution in [2.45, 2.75) is 13.8 Å². The molecule has 0 saturated carbocycles. The molecule has 0 spiro atoms. The summed E-state index contributed by atoms with van der Waals surface area (Å²) in [5, 5.41) is 11.1. The first-order valence-electron chi connectivity index (χ1n) is 4.28. The van der Waals surface area contributed by atoms with Crippen molar-refractivity contribution in [2.75, 3.05) is 0 Å². The third-order valence-electron chi connectivity index (χ3n) is 1.59. The van der Waals surface area contributed by atoms with E-state index in [9.17, 15) is 9.59 Å². The fourth-order valence-corrected chi connectivity index (χ4v) is 1.83. The van der Waals surface area contributed by atoms with E-state index in [2.05, 4.69) is 5.32 Å². The Balaban J connectivity index is 2.93. The maximum Gasteiger partial charge on any atom is 0.352 e. The van der Waals surface area contributed by atoms with Crippen LogP contribution in [0.5, 0.6) is 0 Å². The van der Waals surface area contributed by atoms with Crippen LogP contribution in [0.15, 0.2) is 17.8 Å². The van der Waals surface area contributed by atoms with Crippen molar-refractivity contribution >= 4 is 29.3 Å². The van der Waals surface area contributed by atoms with E-state index in [4.69, 9.17) is 5.11 Å². The van der Waals surface area contributed by atoms with Crippen molar-refractivity contribution in [3.63, 3.8) is 0 Å². The molecular formula is C10H11NO3S. The maximum atomic E-state index is 10.8. The fraction of sp³-hybridized carbons (Fsp3) is 0.200. The Morgan fingerprint density at radius 2 is 2.13 bits per heavy atom. The lowest BCUT2D eigenvalue weighted by molar-refractivity contribution is -0.134. The smallest absolute Gasteiger partial charge is 0.352 e. The SMILES string of the molecule is CC(=O)N/C(=C/c1ccc(C)s1)C(=O)O. The van der Waals surface area contributed by atoms with Crippen molar-refractivity contribution in [1.82, 2.24) is 5.32 Å². The Morgan fingerprint density at radius 3 is 2.53 bits per heavy atom. The van der Waals surface area contributed by atoms with E-state index in [-0.39, 0.29) is 5.70 Å². The van der Waals surface area contributed by atoms with Gasteiger partial charge in [-0.2, -0.15) is 0 Å². The second-order valence-corrected chi connectivity index (χ2v) is 4.31. The van der Waals surface area contributed by atoms with E-state index >= 15 is 0 Å². The number of amides is 1. The number of carbonyl (C=O) groups is 2. The number of rotatable bonds is 3. The van der Waals surface area contributed by atoms with Crippen LogP contribution in [0.1, 0.15) is 16.7 Å². The minimum Gasteiger partial charge on any atom is -0.477 e. The highest BCUT2D eigenvalue weighted by Gasteiger charge is 2.09. The molecule has 1 heterocycles. The largest absolute Gasteiger partial charge is 0.477 e. The van der Waals surface area contributed by atoms with Crippen LogP contribution in [-0.2, 0) is 9.59 Å². The van der Waals surface area contributed by atoms with Crippen molar-refractivity contribution in [2.24, 2.45) is 0 Å². The van der Waals surface area contributed by atoms with Gasteiger partial charge in [-0.05, 0) is 25.1 Å². The summed E-state index contributed by atoms with van der Waals surface area (Å²) in [7, 11) is 0. The minimum absolute atomic E-state index is 0.107. The van der Waals surface area contributed by atoms with Crippen LogP contribution in [0, 0.1) is 6.92 Å². The van der Waals surface area contributed by atoms with Crippen molar-refractivity contribution < 1.29 is 14.7 Å². The van der Waals surface area contributed by atoms with Crippen LogP contribution in [0.2, 0.25) is 0 Å². The van der Waals surface area contributed by atoms with Gasteiger partial charge >= 0.3 is 5.97 Å². The summed E-state index contributed by atoms with van der Waals surface area (Å²) in [4.78, 5) is 23.4. The summed E-state index contributed by atoms with van der Waals surface area (Å²) >= 11 is 1.47. The van der Waals surface area contributed by atoms with Gasteiger partial charge in [-0.15, -0.1) is 11.3 Å². The number of carboxylic acids is 1. The zero-order valence-corrected chi connectivity index (χ0v) is 9.22. The van der Waals surface area contributed by atoms with Gasteiger partial charge in [0, 0.05) is 16.7 Å². The highest BCUT2D eigenvalue weighted by atomic mass is 32.1. The van der Waals surface area contributed by atoms with Gasteiger partial charge in [0.15, 0.2) is 0 Å². The lowest BCUT2D eigenvalue weighted by Gasteiger charge is -2.01. The standard InChI is InChI=1S/C10H11NO3S/c1-6-3-4-8(15-6)5-9(10(13)14)11-7(2)12/h3-5H,1-2H3,(H,11,12)(H,13,14)/b9-5+. The Bertz CT molecular complexity index is 420. The number of nitrogens with one attached hydrogen (secondary N) is 1. The maximum absolute atomic E-state index is 10.8. The summed E-state index contributed by atoms with van der Waals surface area (Å²) in [6.45, 7) is 3.21. The zero-order valence-electron chi connectivity index (χ0n) is 8.40. The van der Waals surface area contributed by atoms with Crippen LogP contribution in [0.3, 0.4) is 0 Å². The van der Waals surface area contributed by atoms with Gasteiger partial charge in [0.05, 0.1) is 0 Å². The molecule has 0 unspecified atom stereocenters. The van der Waals surface area contributed by atoms with E-state index in [0.717, 1.165) is 9.75 Å². The minimum atomic E-state index is -1.14. The first-order valence-corrected chi connectivity index (χ1v) is 5.09. The van der Waals surface area contributed by atoms with Gasteiger partial charge in [-0.1, -0.05) is 0 Å². The highest BCUT2D eigenvalue weighted by molar-refractivity contribution is 7.12. The monoisotopic (exact) mass is 225 g/mol. The lowest BCUT2D eigenvalue weighted by Crippen LogP contribution is -2.24. The summed E-state index contributed by atoms with van der Waals surface area (Å²) in [6.07, 6.45) is 1.45. The molecule has 0 atom stereocenters. The first-order chi connectivity index (χ1) is 6.99. The molecule has 0 aliphatic carbocycles. The van der Waals surface area contributed by atoms with Crippen molar-refractivity contribution in [3.8, 4) is 0 Å². The molecule has 15 heavy (non-hydrogen) atoms. The molecule has 0 bridgehead atoms. The second kappa shape index (κ2) is 4.75. The van der Waals surface area contributed by atoms with Crippen LogP contribution >= 0.6 is 11.3 Å². The van der Waals surface area contributed by atoms with Crippen molar-refractivity contribution in [3.05, 3.63) is 27.6 Å². The number of carboxylic acid groups (broad SMARTS) is 1. The van der Waals surface area contributed by atoms with Crippen LogP contribution < -0.4 is 5.32 Å². The number of hydrogen-bond acceptors (Lipinski definition) is 3. The lowest BCUT2D eigenvalue weighted by atomic mass is 10.3. The zero-order chi connectivity index (χ0) is 11.4. The summed E-state index contributed by atoms with van der Waals surface area (Å²) < 4.78 is 0. The molecule has 4 nitrogen and oxygen atoms in total. The molecule has 0 saturated heterocycles. The molecular weight excluding hydrogens is 214 g/mol. The Labute approximate surface area is 91.2 Å². The third kappa shape index (κ3) is 3.55. The molecule has 0 fully saturated rings. The molecule has 1 rings (SSSR count).